The zero-order chi connectivity index (χ0) is 17.6. The summed E-state index contributed by atoms with van der Waals surface area (Å²) in [4.78, 5) is 15.1. The van der Waals surface area contributed by atoms with E-state index in [0.717, 1.165) is 22.3 Å². The first-order chi connectivity index (χ1) is 12.0. The van der Waals surface area contributed by atoms with Gasteiger partial charge >= 0.3 is 0 Å². The number of aryl methyl sites for hydroxylation is 2. The Morgan fingerprint density at radius 1 is 0.960 bits per heavy atom. The van der Waals surface area contributed by atoms with Gasteiger partial charge in [-0.15, -0.1) is 10.2 Å². The van der Waals surface area contributed by atoms with E-state index in [1.807, 2.05) is 44.2 Å². The number of hydrogen-bond acceptors (Lipinski definition) is 5. The first kappa shape index (κ1) is 15.1. The van der Waals surface area contributed by atoms with Gasteiger partial charge < -0.3 is 5.73 Å². The Bertz CT molecular complexity index is 1140. The highest BCUT2D eigenvalue weighted by atomic mass is 16.1. The van der Waals surface area contributed by atoms with Crippen molar-refractivity contribution in [1.82, 2.24) is 24.8 Å². The van der Waals surface area contributed by atoms with Crippen LogP contribution in [0.1, 0.15) is 11.1 Å². The Balaban J connectivity index is 1.93. The number of nitrogen functional groups attached to an aromatic ring is 1. The summed E-state index contributed by atoms with van der Waals surface area (Å²) >= 11 is 0. The molecule has 0 aliphatic carbocycles. The molecule has 0 atom stereocenters. The molecule has 0 fully saturated rings. The third kappa shape index (κ3) is 2.55. The molecule has 0 aliphatic heterocycles. The van der Waals surface area contributed by atoms with E-state index in [1.54, 1.807) is 12.1 Å². The van der Waals surface area contributed by atoms with Crippen LogP contribution in [-0.4, -0.2) is 24.8 Å². The Morgan fingerprint density at radius 2 is 1.68 bits per heavy atom. The molecule has 3 N–H and O–H groups in total. The van der Waals surface area contributed by atoms with Gasteiger partial charge in [0.1, 0.15) is 0 Å². The second kappa shape index (κ2) is 5.55. The number of benzene rings is 2. The number of nitrogens with one attached hydrogen (secondary N) is 1. The standard InChI is InChI=1S/C18H16N6O/c1-10-3-4-13(9-11(10)2)15-17(25)20-18-22-21-16(24(18)23-15)12-5-7-14(19)8-6-12/h3-9H,19H2,1-2H3,(H,20,22,25). The number of rotatable bonds is 2. The molecular weight excluding hydrogens is 316 g/mol. The smallest absolute Gasteiger partial charge is 0.279 e. The number of anilines is 1. The van der Waals surface area contributed by atoms with E-state index in [1.165, 1.54) is 4.52 Å². The summed E-state index contributed by atoms with van der Waals surface area (Å²) in [6, 6.07) is 13.1. The van der Waals surface area contributed by atoms with Gasteiger partial charge in [-0.3, -0.25) is 9.78 Å². The van der Waals surface area contributed by atoms with Crippen LogP contribution in [0.5, 0.6) is 0 Å². The van der Waals surface area contributed by atoms with Crippen molar-refractivity contribution in [2.45, 2.75) is 13.8 Å². The van der Waals surface area contributed by atoms with Gasteiger partial charge in [-0.2, -0.15) is 9.61 Å². The molecule has 4 rings (SSSR count). The highest BCUT2D eigenvalue weighted by Crippen LogP contribution is 2.20. The molecule has 2 heterocycles. The van der Waals surface area contributed by atoms with Crippen molar-refractivity contribution >= 4 is 11.5 Å². The van der Waals surface area contributed by atoms with Crippen LogP contribution in [0.4, 0.5) is 5.69 Å². The summed E-state index contributed by atoms with van der Waals surface area (Å²) in [5, 5.41) is 12.6. The third-order valence-electron chi connectivity index (χ3n) is 4.23. The van der Waals surface area contributed by atoms with Crippen LogP contribution in [0, 0.1) is 13.8 Å². The highest BCUT2D eigenvalue weighted by molar-refractivity contribution is 5.63. The fourth-order valence-electron chi connectivity index (χ4n) is 2.65. The zero-order valence-corrected chi connectivity index (χ0v) is 13.8. The number of aromatic nitrogens is 5. The van der Waals surface area contributed by atoms with E-state index < -0.39 is 0 Å². The minimum Gasteiger partial charge on any atom is -0.399 e. The molecule has 0 unspecified atom stereocenters. The van der Waals surface area contributed by atoms with Crippen molar-refractivity contribution in [3.05, 3.63) is 63.9 Å². The van der Waals surface area contributed by atoms with Crippen LogP contribution in [0.15, 0.2) is 47.3 Å². The second-order valence-corrected chi connectivity index (χ2v) is 5.98. The molecule has 0 saturated heterocycles. The maximum Gasteiger partial charge on any atom is 0.279 e. The Kier molecular flexibility index (Phi) is 3.35. The van der Waals surface area contributed by atoms with Crippen LogP contribution in [0.3, 0.4) is 0 Å². The molecule has 7 nitrogen and oxygen atoms in total. The largest absolute Gasteiger partial charge is 0.399 e. The summed E-state index contributed by atoms with van der Waals surface area (Å²) in [5.74, 6) is 0.834. The lowest BCUT2D eigenvalue weighted by atomic mass is 10.0. The molecule has 0 aliphatic rings. The topological polar surface area (TPSA) is 102 Å². The number of hydrogen-bond donors (Lipinski definition) is 2. The number of nitrogens with two attached hydrogens (primary N) is 1. The van der Waals surface area contributed by atoms with E-state index in [2.05, 4.69) is 20.3 Å². The zero-order valence-electron chi connectivity index (χ0n) is 13.8. The minimum absolute atomic E-state index is 0.296. The maximum atomic E-state index is 12.4. The molecule has 0 bridgehead atoms. The molecular formula is C18H16N6O. The van der Waals surface area contributed by atoms with Gasteiger partial charge in [-0.1, -0.05) is 12.1 Å². The average molecular weight is 332 g/mol. The Hall–Kier alpha value is -3.48. The van der Waals surface area contributed by atoms with Crippen molar-refractivity contribution in [3.63, 3.8) is 0 Å². The molecule has 4 aromatic rings. The van der Waals surface area contributed by atoms with Gasteiger partial charge in [0.15, 0.2) is 11.5 Å². The van der Waals surface area contributed by atoms with Crippen LogP contribution in [0.2, 0.25) is 0 Å². The van der Waals surface area contributed by atoms with Gasteiger partial charge in [0, 0.05) is 16.8 Å². The Labute approximate surface area is 143 Å². The highest BCUT2D eigenvalue weighted by Gasteiger charge is 2.14. The van der Waals surface area contributed by atoms with Crippen molar-refractivity contribution in [3.8, 4) is 22.6 Å². The first-order valence-electron chi connectivity index (χ1n) is 7.82. The lowest BCUT2D eigenvalue weighted by Crippen LogP contribution is -2.15. The molecule has 0 spiro atoms. The molecule has 0 amide bonds. The lowest BCUT2D eigenvalue weighted by Gasteiger charge is -2.05. The van der Waals surface area contributed by atoms with E-state index in [0.29, 0.717) is 23.0 Å². The van der Waals surface area contributed by atoms with Gasteiger partial charge in [0.2, 0.25) is 0 Å². The number of nitrogens with zero attached hydrogens (tertiary/aromatic N) is 4. The third-order valence-corrected chi connectivity index (χ3v) is 4.23. The average Bonchev–Trinajstić information content (AvgIpc) is 3.00. The van der Waals surface area contributed by atoms with Crippen LogP contribution >= 0.6 is 0 Å². The summed E-state index contributed by atoms with van der Waals surface area (Å²) < 4.78 is 1.54. The normalized spacial score (nSPS) is 11.1. The van der Waals surface area contributed by atoms with Crippen LogP contribution in [-0.2, 0) is 0 Å². The van der Waals surface area contributed by atoms with Crippen LogP contribution in [0.25, 0.3) is 28.4 Å². The second-order valence-electron chi connectivity index (χ2n) is 5.98. The lowest BCUT2D eigenvalue weighted by molar-refractivity contribution is 0.898. The Morgan fingerprint density at radius 3 is 2.40 bits per heavy atom. The molecule has 25 heavy (non-hydrogen) atoms. The number of H-pyrrole nitrogens is 1. The predicted octanol–water partition coefficient (Wildman–Crippen LogP) is 2.35. The number of fused-ring (bicyclic) bond motifs is 1. The van der Waals surface area contributed by atoms with E-state index >= 15 is 0 Å². The molecule has 124 valence electrons. The van der Waals surface area contributed by atoms with Crippen LogP contribution < -0.4 is 11.3 Å². The quantitative estimate of drug-likeness (QED) is 0.549. The van der Waals surface area contributed by atoms with E-state index in [4.69, 9.17) is 5.73 Å². The fraction of sp³-hybridized carbons (Fsp3) is 0.111. The fourth-order valence-corrected chi connectivity index (χ4v) is 2.65. The maximum absolute atomic E-state index is 12.4. The van der Waals surface area contributed by atoms with Crippen molar-refractivity contribution < 1.29 is 0 Å². The van der Waals surface area contributed by atoms with E-state index in [9.17, 15) is 4.79 Å². The SMILES string of the molecule is Cc1ccc(-c2nn3c(-c4ccc(N)cc4)nnc3[nH]c2=O)cc1C. The molecule has 2 aromatic carbocycles. The van der Waals surface area contributed by atoms with Crippen molar-refractivity contribution in [2.24, 2.45) is 0 Å². The number of aromatic amines is 1. The van der Waals surface area contributed by atoms with Crippen molar-refractivity contribution in [2.75, 3.05) is 5.73 Å². The predicted molar refractivity (Wildman–Crippen MR) is 96.2 cm³/mol. The van der Waals surface area contributed by atoms with Gasteiger partial charge in [-0.05, 0) is 55.3 Å². The van der Waals surface area contributed by atoms with Gasteiger partial charge in [0.05, 0.1) is 0 Å². The van der Waals surface area contributed by atoms with E-state index in [-0.39, 0.29) is 5.56 Å². The minimum atomic E-state index is -0.299. The summed E-state index contributed by atoms with van der Waals surface area (Å²) in [7, 11) is 0. The molecule has 0 saturated carbocycles. The summed E-state index contributed by atoms with van der Waals surface area (Å²) in [6.45, 7) is 4.03. The molecule has 7 heteroatoms. The molecule has 2 aromatic heterocycles. The monoisotopic (exact) mass is 332 g/mol. The van der Waals surface area contributed by atoms with Gasteiger partial charge in [0.25, 0.3) is 11.3 Å². The first-order valence-corrected chi connectivity index (χ1v) is 7.82. The van der Waals surface area contributed by atoms with Gasteiger partial charge in [-0.25, -0.2) is 0 Å². The summed E-state index contributed by atoms with van der Waals surface area (Å²) in [5.41, 5.74) is 10.2. The van der Waals surface area contributed by atoms with Crippen molar-refractivity contribution in [1.29, 1.82) is 0 Å². The summed E-state index contributed by atoms with van der Waals surface area (Å²) in [6.07, 6.45) is 0. The molecule has 0 radical (unpaired) electrons.